The number of amides is 2. The van der Waals surface area contributed by atoms with Gasteiger partial charge in [-0.3, -0.25) is 14.4 Å². The Balaban J connectivity index is 1.99. The first-order chi connectivity index (χ1) is 19.8. The molecule has 2 atom stereocenters. The quantitative estimate of drug-likeness (QED) is 0.207. The molecular weight excluding hydrogens is 570 g/mol. The van der Waals surface area contributed by atoms with Crippen molar-refractivity contribution in [3.05, 3.63) is 94.8 Å². The number of rotatable bonds is 12. The number of halogens is 6. The first-order valence-corrected chi connectivity index (χ1v) is 12.7. The van der Waals surface area contributed by atoms with Gasteiger partial charge < -0.3 is 20.5 Å². The number of carbonyl (C=O) groups is 3. The summed E-state index contributed by atoms with van der Waals surface area (Å²) in [6.07, 6.45) is -4.39. The molecule has 0 radical (unpaired) electrons. The number of nitrogens with one attached hydrogen (secondary N) is 2. The topological polar surface area (TPSA) is 105 Å². The van der Waals surface area contributed by atoms with E-state index in [1.165, 1.54) is 24.3 Å². The van der Waals surface area contributed by atoms with Crippen molar-refractivity contribution in [2.24, 2.45) is 0 Å². The van der Waals surface area contributed by atoms with E-state index in [-0.39, 0.29) is 24.1 Å². The lowest BCUT2D eigenvalue weighted by Gasteiger charge is -2.28. The van der Waals surface area contributed by atoms with Gasteiger partial charge in [-0.05, 0) is 47.7 Å². The van der Waals surface area contributed by atoms with Crippen molar-refractivity contribution in [2.75, 3.05) is 11.9 Å². The van der Waals surface area contributed by atoms with E-state index in [1.807, 2.05) is 6.92 Å². The van der Waals surface area contributed by atoms with Crippen molar-refractivity contribution >= 4 is 23.5 Å². The Morgan fingerprint density at radius 3 is 2.00 bits per heavy atom. The van der Waals surface area contributed by atoms with E-state index in [9.17, 15) is 40.7 Å². The van der Waals surface area contributed by atoms with E-state index in [0.29, 0.717) is 30.5 Å². The monoisotopic (exact) mass is 596 g/mol. The smallest absolute Gasteiger partial charge is 0.481 e. The largest absolute Gasteiger partial charge is 0.573 e. The Hall–Kier alpha value is -4.55. The van der Waals surface area contributed by atoms with Gasteiger partial charge in [0.05, 0.1) is 12.3 Å². The van der Waals surface area contributed by atoms with Crippen LogP contribution in [0, 0.1) is 17.5 Å². The van der Waals surface area contributed by atoms with E-state index >= 15 is 0 Å². The maximum atomic E-state index is 14.4. The standard InChI is InChI=1S/C29H26F6N2O5/c1-2-3-21(16-4-6-18(7-5-16)27(40)36-13-12-24(38)39)25(17-8-10-20(11-9-17)42-29(33,34)35)28(41)37-26-22(31)14-19(30)15-23(26)32/h4-11,14-15,21,25H,2-3,12-13H2,1H3,(H,36,40)(H,37,41)(H,38,39)/t21-,25+/m1/s1. The predicted molar refractivity (Wildman–Crippen MR) is 139 cm³/mol. The average Bonchev–Trinajstić information content (AvgIpc) is 2.90. The highest BCUT2D eigenvalue weighted by Crippen LogP contribution is 2.39. The third-order valence-electron chi connectivity index (χ3n) is 6.24. The second kappa shape index (κ2) is 13.9. The zero-order valence-electron chi connectivity index (χ0n) is 22.1. The van der Waals surface area contributed by atoms with Gasteiger partial charge >= 0.3 is 12.3 Å². The highest BCUT2D eigenvalue weighted by Gasteiger charge is 2.34. The number of alkyl halides is 3. The molecule has 3 N–H and O–H groups in total. The Kier molecular flexibility index (Phi) is 10.6. The molecule has 2 amide bonds. The molecule has 0 saturated heterocycles. The maximum Gasteiger partial charge on any atom is 0.573 e. The van der Waals surface area contributed by atoms with Gasteiger partial charge in [0.25, 0.3) is 5.91 Å². The highest BCUT2D eigenvalue weighted by molar-refractivity contribution is 5.97. The van der Waals surface area contributed by atoms with Crippen LogP contribution in [-0.2, 0) is 9.59 Å². The summed E-state index contributed by atoms with van der Waals surface area (Å²) >= 11 is 0. The van der Waals surface area contributed by atoms with Crippen LogP contribution in [0.4, 0.5) is 32.0 Å². The molecule has 3 rings (SSSR count). The third-order valence-corrected chi connectivity index (χ3v) is 6.24. The summed E-state index contributed by atoms with van der Waals surface area (Å²) < 4.78 is 84.1. The number of carboxylic acids is 1. The molecule has 0 aliphatic carbocycles. The number of ether oxygens (including phenoxy) is 1. The van der Waals surface area contributed by atoms with Crippen molar-refractivity contribution in [3.63, 3.8) is 0 Å². The van der Waals surface area contributed by atoms with Crippen molar-refractivity contribution < 1.29 is 50.6 Å². The molecule has 0 aliphatic heterocycles. The Morgan fingerprint density at radius 2 is 1.48 bits per heavy atom. The molecule has 0 spiro atoms. The van der Waals surface area contributed by atoms with Gasteiger partial charge in [0.1, 0.15) is 17.3 Å². The molecule has 224 valence electrons. The lowest BCUT2D eigenvalue weighted by Crippen LogP contribution is -2.28. The summed E-state index contributed by atoms with van der Waals surface area (Å²) in [7, 11) is 0. The SMILES string of the molecule is CCC[C@H](c1ccc(C(=O)NCCC(=O)O)cc1)[C@@H](C(=O)Nc1c(F)cc(F)cc1F)c1ccc(OC(F)(F)F)cc1. The van der Waals surface area contributed by atoms with Gasteiger partial charge in [-0.1, -0.05) is 37.6 Å². The minimum absolute atomic E-state index is 0.0961. The molecule has 42 heavy (non-hydrogen) atoms. The van der Waals surface area contributed by atoms with Crippen molar-refractivity contribution in [1.82, 2.24) is 5.32 Å². The van der Waals surface area contributed by atoms with E-state index in [2.05, 4.69) is 15.4 Å². The predicted octanol–water partition coefficient (Wildman–Crippen LogP) is 6.51. The fourth-order valence-corrected chi connectivity index (χ4v) is 4.41. The molecule has 0 aliphatic rings. The summed E-state index contributed by atoms with van der Waals surface area (Å²) in [5, 5.41) is 13.3. The molecular formula is C29H26F6N2O5. The molecule has 0 saturated carbocycles. The molecule has 0 aromatic heterocycles. The fourth-order valence-electron chi connectivity index (χ4n) is 4.41. The van der Waals surface area contributed by atoms with E-state index < -0.39 is 64.9 Å². The maximum absolute atomic E-state index is 14.4. The number of hydrogen-bond acceptors (Lipinski definition) is 4. The van der Waals surface area contributed by atoms with Gasteiger partial charge in [0.2, 0.25) is 5.91 Å². The number of hydrogen-bond donors (Lipinski definition) is 3. The highest BCUT2D eigenvalue weighted by atomic mass is 19.4. The Morgan fingerprint density at radius 1 is 0.905 bits per heavy atom. The number of benzene rings is 3. The minimum atomic E-state index is -4.96. The van der Waals surface area contributed by atoms with Gasteiger partial charge in [0, 0.05) is 24.2 Å². The van der Waals surface area contributed by atoms with Crippen LogP contribution in [0.1, 0.15) is 59.5 Å². The van der Waals surface area contributed by atoms with Crippen LogP contribution in [-0.4, -0.2) is 35.8 Å². The molecule has 0 heterocycles. The molecule has 7 nitrogen and oxygen atoms in total. The normalized spacial score (nSPS) is 12.7. The van der Waals surface area contributed by atoms with Crippen LogP contribution in [0.3, 0.4) is 0 Å². The van der Waals surface area contributed by atoms with Crippen LogP contribution in [0.15, 0.2) is 60.7 Å². The molecule has 0 fully saturated rings. The van der Waals surface area contributed by atoms with Crippen molar-refractivity contribution in [3.8, 4) is 5.75 Å². The third kappa shape index (κ3) is 8.72. The Bertz CT molecular complexity index is 1390. The summed E-state index contributed by atoms with van der Waals surface area (Å²) in [4.78, 5) is 36.6. The molecule has 0 bridgehead atoms. The lowest BCUT2D eigenvalue weighted by atomic mass is 9.78. The van der Waals surface area contributed by atoms with Gasteiger partial charge in [-0.2, -0.15) is 0 Å². The van der Waals surface area contributed by atoms with Gasteiger partial charge in [-0.25, -0.2) is 13.2 Å². The molecule has 3 aromatic rings. The van der Waals surface area contributed by atoms with Crippen LogP contribution in [0.5, 0.6) is 5.75 Å². The summed E-state index contributed by atoms with van der Waals surface area (Å²) in [5.41, 5.74) is 0.0187. The van der Waals surface area contributed by atoms with Crippen LogP contribution in [0.2, 0.25) is 0 Å². The number of anilines is 1. The fraction of sp³-hybridized carbons (Fsp3) is 0.276. The van der Waals surface area contributed by atoms with Crippen LogP contribution in [0.25, 0.3) is 0 Å². The Labute approximate surface area is 236 Å². The number of carbonyl (C=O) groups excluding carboxylic acids is 2. The van der Waals surface area contributed by atoms with Gasteiger partial charge in [-0.15, -0.1) is 13.2 Å². The van der Waals surface area contributed by atoms with Crippen LogP contribution >= 0.6 is 0 Å². The van der Waals surface area contributed by atoms with Crippen molar-refractivity contribution in [1.29, 1.82) is 0 Å². The van der Waals surface area contributed by atoms with E-state index in [1.54, 1.807) is 12.1 Å². The summed E-state index contributed by atoms with van der Waals surface area (Å²) in [6, 6.07) is 11.2. The summed E-state index contributed by atoms with van der Waals surface area (Å²) in [5.74, 6) is -8.91. The lowest BCUT2D eigenvalue weighted by molar-refractivity contribution is -0.274. The van der Waals surface area contributed by atoms with Gasteiger partial charge in [0.15, 0.2) is 11.6 Å². The minimum Gasteiger partial charge on any atom is -0.481 e. The zero-order valence-corrected chi connectivity index (χ0v) is 22.1. The first kappa shape index (κ1) is 32.0. The second-order valence-corrected chi connectivity index (χ2v) is 9.25. The first-order valence-electron chi connectivity index (χ1n) is 12.7. The van der Waals surface area contributed by atoms with E-state index in [4.69, 9.17) is 5.11 Å². The molecule has 13 heteroatoms. The number of aliphatic carboxylic acids is 1. The summed E-state index contributed by atoms with van der Waals surface area (Å²) in [6.45, 7) is 1.72. The van der Waals surface area contributed by atoms with Crippen LogP contribution < -0.4 is 15.4 Å². The van der Waals surface area contributed by atoms with E-state index in [0.717, 1.165) is 12.1 Å². The molecule has 3 aromatic carbocycles. The van der Waals surface area contributed by atoms with Crippen molar-refractivity contribution in [2.45, 2.75) is 44.4 Å². The number of carboxylic acid groups (broad SMARTS) is 1. The average molecular weight is 597 g/mol. The molecule has 0 unspecified atom stereocenters. The zero-order chi connectivity index (χ0) is 31.0. The second-order valence-electron chi connectivity index (χ2n) is 9.25.